The number of hydrogen-bond acceptors (Lipinski definition) is 4. The molecule has 1 aromatic heterocycles. The molecule has 1 aromatic rings. The van der Waals surface area contributed by atoms with Crippen LogP contribution in [0.15, 0.2) is 12.4 Å². The van der Waals surface area contributed by atoms with E-state index in [9.17, 15) is 18.0 Å². The molecule has 130 valence electrons. The summed E-state index contributed by atoms with van der Waals surface area (Å²) in [4.78, 5) is 13.1. The standard InChI is InChI=1S/C13H19ClF3N5O/c14-10-7-20-22(9-10)4-1-12(23)19-8-11(13(15,16)17)21-5-2-18-3-6-21/h7,9,11,18H,1-6,8H2,(H,19,23). The normalized spacial score (nSPS) is 17.9. The van der Waals surface area contributed by atoms with Crippen LogP contribution >= 0.6 is 11.6 Å². The van der Waals surface area contributed by atoms with Crippen molar-refractivity contribution in [2.45, 2.75) is 25.2 Å². The molecular weight excluding hydrogens is 335 g/mol. The van der Waals surface area contributed by atoms with E-state index in [2.05, 4.69) is 15.7 Å². The molecule has 0 aliphatic carbocycles. The summed E-state index contributed by atoms with van der Waals surface area (Å²) in [5.41, 5.74) is 0. The molecule has 0 radical (unpaired) electrons. The molecule has 1 saturated heterocycles. The van der Waals surface area contributed by atoms with Crippen LogP contribution < -0.4 is 10.6 Å². The maximum Gasteiger partial charge on any atom is 0.405 e. The fourth-order valence-electron chi connectivity index (χ4n) is 2.42. The van der Waals surface area contributed by atoms with Crippen LogP contribution in [0.5, 0.6) is 0 Å². The monoisotopic (exact) mass is 353 g/mol. The van der Waals surface area contributed by atoms with Crippen molar-refractivity contribution in [3.63, 3.8) is 0 Å². The Labute approximate surface area is 137 Å². The molecule has 1 unspecified atom stereocenters. The molecular formula is C13H19ClF3N5O. The molecule has 0 saturated carbocycles. The van der Waals surface area contributed by atoms with Gasteiger partial charge in [0.2, 0.25) is 5.91 Å². The summed E-state index contributed by atoms with van der Waals surface area (Å²) in [5.74, 6) is -0.444. The highest BCUT2D eigenvalue weighted by molar-refractivity contribution is 6.30. The topological polar surface area (TPSA) is 62.2 Å². The Hall–Kier alpha value is -1.32. The molecule has 0 aromatic carbocycles. The van der Waals surface area contributed by atoms with Gasteiger partial charge in [-0.1, -0.05) is 11.6 Å². The van der Waals surface area contributed by atoms with Crippen molar-refractivity contribution in [1.82, 2.24) is 25.3 Å². The van der Waals surface area contributed by atoms with Gasteiger partial charge in [-0.3, -0.25) is 14.4 Å². The van der Waals surface area contributed by atoms with Gasteiger partial charge in [-0.25, -0.2) is 0 Å². The first-order valence-electron chi connectivity index (χ1n) is 7.32. The van der Waals surface area contributed by atoms with Crippen molar-refractivity contribution in [3.8, 4) is 0 Å². The SMILES string of the molecule is O=C(CCn1cc(Cl)cn1)NCC(N1CCNCC1)C(F)(F)F. The fourth-order valence-corrected chi connectivity index (χ4v) is 2.58. The fraction of sp³-hybridized carbons (Fsp3) is 0.692. The number of halogens is 4. The molecule has 1 fully saturated rings. The number of amides is 1. The minimum absolute atomic E-state index is 0.0458. The molecule has 2 N–H and O–H groups in total. The molecule has 1 amide bonds. The van der Waals surface area contributed by atoms with Gasteiger partial charge in [0, 0.05) is 51.9 Å². The molecule has 2 heterocycles. The molecule has 1 atom stereocenters. The average molecular weight is 354 g/mol. The predicted octanol–water partition coefficient (Wildman–Crippen LogP) is 0.879. The first-order valence-corrected chi connectivity index (χ1v) is 7.70. The maximum absolute atomic E-state index is 13.2. The second kappa shape index (κ2) is 7.98. The van der Waals surface area contributed by atoms with E-state index in [4.69, 9.17) is 11.6 Å². The van der Waals surface area contributed by atoms with E-state index in [-0.39, 0.29) is 13.0 Å². The minimum Gasteiger partial charge on any atom is -0.354 e. The third kappa shape index (κ3) is 5.67. The second-order valence-corrected chi connectivity index (χ2v) is 5.76. The number of nitrogens with zero attached hydrogens (tertiary/aromatic N) is 3. The van der Waals surface area contributed by atoms with Crippen LogP contribution in [0.1, 0.15) is 6.42 Å². The Morgan fingerprint density at radius 2 is 2.13 bits per heavy atom. The summed E-state index contributed by atoms with van der Waals surface area (Å²) in [5, 5.41) is 9.73. The summed E-state index contributed by atoms with van der Waals surface area (Å²) in [7, 11) is 0. The Kier molecular flexibility index (Phi) is 6.25. The molecule has 0 spiro atoms. The molecule has 6 nitrogen and oxygen atoms in total. The molecule has 10 heteroatoms. The molecule has 1 aliphatic rings. The average Bonchev–Trinajstić information content (AvgIpc) is 2.91. The summed E-state index contributed by atoms with van der Waals surface area (Å²) in [6, 6.07) is -1.66. The van der Waals surface area contributed by atoms with E-state index < -0.39 is 24.7 Å². The third-order valence-corrected chi connectivity index (χ3v) is 3.83. The number of carbonyl (C=O) groups is 1. The highest BCUT2D eigenvalue weighted by atomic mass is 35.5. The Morgan fingerprint density at radius 1 is 1.43 bits per heavy atom. The van der Waals surface area contributed by atoms with E-state index in [1.54, 1.807) is 6.20 Å². The van der Waals surface area contributed by atoms with Gasteiger partial charge in [0.05, 0.1) is 11.2 Å². The summed E-state index contributed by atoms with van der Waals surface area (Å²) >= 11 is 5.70. The van der Waals surface area contributed by atoms with Crippen molar-refractivity contribution in [1.29, 1.82) is 0 Å². The van der Waals surface area contributed by atoms with Crippen LogP contribution in [-0.2, 0) is 11.3 Å². The molecule has 23 heavy (non-hydrogen) atoms. The number of aryl methyl sites for hydroxylation is 1. The lowest BCUT2D eigenvalue weighted by Crippen LogP contribution is -2.57. The maximum atomic E-state index is 13.2. The largest absolute Gasteiger partial charge is 0.405 e. The lowest BCUT2D eigenvalue weighted by Gasteiger charge is -2.35. The number of hydrogen-bond donors (Lipinski definition) is 2. The van der Waals surface area contributed by atoms with E-state index in [0.717, 1.165) is 0 Å². The summed E-state index contributed by atoms with van der Waals surface area (Å²) in [6.07, 6.45) is -1.35. The molecule has 0 bridgehead atoms. The zero-order valence-electron chi connectivity index (χ0n) is 12.4. The van der Waals surface area contributed by atoms with Gasteiger partial charge < -0.3 is 10.6 Å². The van der Waals surface area contributed by atoms with Gasteiger partial charge in [-0.05, 0) is 0 Å². The number of rotatable bonds is 6. The number of piperazine rings is 1. The van der Waals surface area contributed by atoms with Crippen molar-refractivity contribution in [3.05, 3.63) is 17.4 Å². The van der Waals surface area contributed by atoms with Crippen LogP contribution in [0.4, 0.5) is 13.2 Å². The van der Waals surface area contributed by atoms with Crippen molar-refractivity contribution in [2.75, 3.05) is 32.7 Å². The van der Waals surface area contributed by atoms with E-state index >= 15 is 0 Å². The van der Waals surface area contributed by atoms with Crippen LogP contribution in [0, 0.1) is 0 Å². The Morgan fingerprint density at radius 3 is 2.70 bits per heavy atom. The first kappa shape index (κ1) is 18.0. The van der Waals surface area contributed by atoms with Gasteiger partial charge in [-0.15, -0.1) is 0 Å². The van der Waals surface area contributed by atoms with E-state index in [1.807, 2.05) is 0 Å². The van der Waals surface area contributed by atoms with Gasteiger partial charge >= 0.3 is 6.18 Å². The highest BCUT2D eigenvalue weighted by Crippen LogP contribution is 2.24. The van der Waals surface area contributed by atoms with Crippen molar-refractivity contribution in [2.24, 2.45) is 0 Å². The minimum atomic E-state index is -4.37. The van der Waals surface area contributed by atoms with Gasteiger partial charge in [0.25, 0.3) is 0 Å². The zero-order valence-corrected chi connectivity index (χ0v) is 13.2. The third-order valence-electron chi connectivity index (χ3n) is 3.63. The number of nitrogens with one attached hydrogen (secondary N) is 2. The number of carbonyl (C=O) groups excluding carboxylic acids is 1. The van der Waals surface area contributed by atoms with Crippen LogP contribution in [-0.4, -0.2) is 65.5 Å². The van der Waals surface area contributed by atoms with E-state index in [0.29, 0.717) is 31.2 Å². The lowest BCUT2D eigenvalue weighted by atomic mass is 10.2. The number of alkyl halides is 3. The van der Waals surface area contributed by atoms with Crippen LogP contribution in [0.2, 0.25) is 5.02 Å². The zero-order chi connectivity index (χ0) is 16.9. The van der Waals surface area contributed by atoms with Gasteiger partial charge in [0.1, 0.15) is 6.04 Å². The van der Waals surface area contributed by atoms with Crippen LogP contribution in [0.3, 0.4) is 0 Å². The Balaban J connectivity index is 1.81. The molecule has 1 aliphatic heterocycles. The van der Waals surface area contributed by atoms with E-state index in [1.165, 1.54) is 15.8 Å². The summed E-state index contributed by atoms with van der Waals surface area (Å²) < 4.78 is 41.0. The lowest BCUT2D eigenvalue weighted by molar-refractivity contribution is -0.184. The number of aromatic nitrogens is 2. The molecule has 2 rings (SSSR count). The summed E-state index contributed by atoms with van der Waals surface area (Å²) in [6.45, 7) is 1.48. The Bertz CT molecular complexity index is 516. The van der Waals surface area contributed by atoms with Gasteiger partial charge in [0.15, 0.2) is 0 Å². The second-order valence-electron chi connectivity index (χ2n) is 5.32. The quantitative estimate of drug-likeness (QED) is 0.797. The smallest absolute Gasteiger partial charge is 0.354 e. The van der Waals surface area contributed by atoms with Gasteiger partial charge in [-0.2, -0.15) is 18.3 Å². The van der Waals surface area contributed by atoms with Crippen molar-refractivity contribution >= 4 is 17.5 Å². The van der Waals surface area contributed by atoms with Crippen LogP contribution in [0.25, 0.3) is 0 Å². The first-order chi connectivity index (χ1) is 10.9. The highest BCUT2D eigenvalue weighted by Gasteiger charge is 2.43. The van der Waals surface area contributed by atoms with Crippen molar-refractivity contribution < 1.29 is 18.0 Å². The predicted molar refractivity (Wildman–Crippen MR) is 79.1 cm³/mol.